The number of carbonyl (C=O) groups is 1. The van der Waals surface area contributed by atoms with Crippen LogP contribution in [0.4, 0.5) is 0 Å². The van der Waals surface area contributed by atoms with Gasteiger partial charge in [-0.15, -0.1) is 0 Å². The van der Waals surface area contributed by atoms with Gasteiger partial charge in [0.15, 0.2) is 6.10 Å². The molecule has 0 bridgehead atoms. The molecule has 0 aromatic heterocycles. The molecule has 0 saturated heterocycles. The van der Waals surface area contributed by atoms with Crippen LogP contribution >= 0.6 is 0 Å². The predicted molar refractivity (Wildman–Crippen MR) is 88.8 cm³/mol. The summed E-state index contributed by atoms with van der Waals surface area (Å²) in [5.74, 6) is 0.751. The number of ether oxygens (including phenoxy) is 1. The highest BCUT2D eigenvalue weighted by Crippen LogP contribution is 2.17. The minimum absolute atomic E-state index is 0.00728. The summed E-state index contributed by atoms with van der Waals surface area (Å²) in [6, 6.07) is 17.8. The maximum absolute atomic E-state index is 12.6. The Morgan fingerprint density at radius 3 is 2.50 bits per heavy atom. The van der Waals surface area contributed by atoms with Gasteiger partial charge < -0.3 is 9.64 Å². The van der Waals surface area contributed by atoms with Gasteiger partial charge in [-0.25, -0.2) is 0 Å². The number of hydrogen-bond acceptors (Lipinski definition) is 2. The molecule has 0 radical (unpaired) electrons. The zero-order valence-electron chi connectivity index (χ0n) is 13.5. The van der Waals surface area contributed by atoms with Crippen molar-refractivity contribution in [1.29, 1.82) is 0 Å². The molecule has 22 heavy (non-hydrogen) atoms. The number of benzene rings is 2. The lowest BCUT2D eigenvalue weighted by Gasteiger charge is -2.24. The van der Waals surface area contributed by atoms with Crippen molar-refractivity contribution in [2.24, 2.45) is 0 Å². The molecular formula is C19H23NO2. The van der Waals surface area contributed by atoms with E-state index in [1.165, 1.54) is 0 Å². The van der Waals surface area contributed by atoms with E-state index in [1.54, 1.807) is 4.90 Å². The van der Waals surface area contributed by atoms with Gasteiger partial charge in [0.1, 0.15) is 5.75 Å². The molecule has 0 aliphatic carbocycles. The Morgan fingerprint density at radius 2 is 1.86 bits per heavy atom. The normalized spacial score (nSPS) is 11.8. The Bertz CT molecular complexity index is 610. The monoisotopic (exact) mass is 297 g/mol. The molecular weight excluding hydrogens is 274 g/mol. The number of amides is 1. The number of carbonyl (C=O) groups excluding carboxylic acids is 1. The standard InChI is InChI=1S/C19H23NO2/c1-4-18(22-17-12-8-9-15(2)13-17)19(21)20(3)14-16-10-6-5-7-11-16/h5-13,18H,4,14H2,1-3H3/t18-/m1/s1. The Morgan fingerprint density at radius 1 is 1.14 bits per heavy atom. The molecule has 0 aliphatic heterocycles. The van der Waals surface area contributed by atoms with E-state index in [0.717, 1.165) is 16.9 Å². The molecule has 2 aromatic rings. The average Bonchev–Trinajstić information content (AvgIpc) is 2.53. The van der Waals surface area contributed by atoms with Gasteiger partial charge in [0, 0.05) is 13.6 Å². The maximum atomic E-state index is 12.6. The molecule has 1 atom stereocenters. The third-order valence-electron chi connectivity index (χ3n) is 3.55. The van der Waals surface area contributed by atoms with Gasteiger partial charge >= 0.3 is 0 Å². The van der Waals surface area contributed by atoms with Crippen LogP contribution in [0.15, 0.2) is 54.6 Å². The highest BCUT2D eigenvalue weighted by Gasteiger charge is 2.22. The van der Waals surface area contributed by atoms with Crippen LogP contribution in [0, 0.1) is 6.92 Å². The summed E-state index contributed by atoms with van der Waals surface area (Å²) in [6.45, 7) is 4.57. The number of likely N-dealkylation sites (N-methyl/N-ethyl adjacent to an activating group) is 1. The second-order valence-electron chi connectivity index (χ2n) is 5.51. The molecule has 0 saturated carbocycles. The Kier molecular flexibility index (Phi) is 5.59. The summed E-state index contributed by atoms with van der Waals surface area (Å²) < 4.78 is 5.87. The zero-order valence-corrected chi connectivity index (χ0v) is 13.5. The van der Waals surface area contributed by atoms with Crippen LogP contribution in [-0.4, -0.2) is 24.0 Å². The van der Waals surface area contributed by atoms with E-state index in [-0.39, 0.29) is 5.91 Å². The fourth-order valence-electron chi connectivity index (χ4n) is 2.34. The zero-order chi connectivity index (χ0) is 15.9. The van der Waals surface area contributed by atoms with E-state index in [4.69, 9.17) is 4.74 Å². The van der Waals surface area contributed by atoms with E-state index < -0.39 is 6.10 Å². The third-order valence-corrected chi connectivity index (χ3v) is 3.55. The first-order valence-corrected chi connectivity index (χ1v) is 7.62. The van der Waals surface area contributed by atoms with E-state index >= 15 is 0 Å². The second kappa shape index (κ2) is 7.64. The minimum Gasteiger partial charge on any atom is -0.481 e. The first-order valence-electron chi connectivity index (χ1n) is 7.62. The van der Waals surface area contributed by atoms with Gasteiger partial charge in [0.05, 0.1) is 0 Å². The molecule has 2 rings (SSSR count). The molecule has 0 unspecified atom stereocenters. The molecule has 0 fully saturated rings. The first kappa shape index (κ1) is 16.1. The Balaban J connectivity index is 2.01. The van der Waals surface area contributed by atoms with Gasteiger partial charge in [-0.05, 0) is 36.6 Å². The van der Waals surface area contributed by atoms with Gasteiger partial charge in [0.2, 0.25) is 0 Å². The van der Waals surface area contributed by atoms with Crippen LogP contribution in [0.2, 0.25) is 0 Å². The number of aryl methyl sites for hydroxylation is 1. The van der Waals surface area contributed by atoms with Gasteiger partial charge in [-0.2, -0.15) is 0 Å². The lowest BCUT2D eigenvalue weighted by atomic mass is 10.2. The van der Waals surface area contributed by atoms with E-state index in [2.05, 4.69) is 0 Å². The summed E-state index contributed by atoms with van der Waals surface area (Å²) in [6.07, 6.45) is 0.196. The molecule has 3 heteroatoms. The minimum atomic E-state index is -0.449. The van der Waals surface area contributed by atoms with Crippen molar-refractivity contribution in [3.8, 4) is 5.75 Å². The van der Waals surface area contributed by atoms with Crippen LogP contribution < -0.4 is 4.74 Å². The van der Waals surface area contributed by atoms with Crippen LogP contribution in [0.1, 0.15) is 24.5 Å². The molecule has 2 aromatic carbocycles. The summed E-state index contributed by atoms with van der Waals surface area (Å²) >= 11 is 0. The summed E-state index contributed by atoms with van der Waals surface area (Å²) in [5.41, 5.74) is 2.24. The van der Waals surface area contributed by atoms with Crippen molar-refractivity contribution in [1.82, 2.24) is 4.90 Å². The van der Waals surface area contributed by atoms with E-state index in [1.807, 2.05) is 75.5 Å². The topological polar surface area (TPSA) is 29.5 Å². The smallest absolute Gasteiger partial charge is 0.263 e. The van der Waals surface area contributed by atoms with Crippen molar-refractivity contribution in [3.05, 3.63) is 65.7 Å². The van der Waals surface area contributed by atoms with Crippen molar-refractivity contribution in [2.45, 2.75) is 32.9 Å². The SMILES string of the molecule is CC[C@@H](Oc1cccc(C)c1)C(=O)N(C)Cc1ccccc1. The number of hydrogen-bond donors (Lipinski definition) is 0. The van der Waals surface area contributed by atoms with Crippen molar-refractivity contribution in [3.63, 3.8) is 0 Å². The molecule has 1 amide bonds. The Labute approximate surface area is 132 Å². The van der Waals surface area contributed by atoms with E-state index in [9.17, 15) is 4.79 Å². The van der Waals surface area contributed by atoms with Crippen molar-refractivity contribution in [2.75, 3.05) is 7.05 Å². The molecule has 0 N–H and O–H groups in total. The van der Waals surface area contributed by atoms with Crippen LogP contribution in [-0.2, 0) is 11.3 Å². The van der Waals surface area contributed by atoms with Crippen LogP contribution in [0.5, 0.6) is 5.75 Å². The lowest BCUT2D eigenvalue weighted by molar-refractivity contribution is -0.138. The third kappa shape index (κ3) is 4.35. The largest absolute Gasteiger partial charge is 0.481 e. The fraction of sp³-hybridized carbons (Fsp3) is 0.316. The van der Waals surface area contributed by atoms with Crippen molar-refractivity contribution >= 4 is 5.91 Å². The maximum Gasteiger partial charge on any atom is 0.263 e. The summed E-state index contributed by atoms with van der Waals surface area (Å²) in [7, 11) is 1.82. The molecule has 0 spiro atoms. The van der Waals surface area contributed by atoms with Crippen molar-refractivity contribution < 1.29 is 9.53 Å². The highest BCUT2D eigenvalue weighted by atomic mass is 16.5. The quantitative estimate of drug-likeness (QED) is 0.811. The molecule has 116 valence electrons. The molecule has 3 nitrogen and oxygen atoms in total. The Hall–Kier alpha value is -2.29. The highest BCUT2D eigenvalue weighted by molar-refractivity contribution is 5.81. The predicted octanol–water partition coefficient (Wildman–Crippen LogP) is 3.81. The lowest BCUT2D eigenvalue weighted by Crippen LogP contribution is -2.39. The first-order chi connectivity index (χ1) is 10.6. The molecule has 0 aliphatic rings. The van der Waals surface area contributed by atoms with Gasteiger partial charge in [-0.1, -0.05) is 49.4 Å². The fourth-order valence-corrected chi connectivity index (χ4v) is 2.34. The van der Waals surface area contributed by atoms with Crippen LogP contribution in [0.25, 0.3) is 0 Å². The second-order valence-corrected chi connectivity index (χ2v) is 5.51. The summed E-state index contributed by atoms with van der Waals surface area (Å²) in [4.78, 5) is 14.3. The van der Waals surface area contributed by atoms with Crippen LogP contribution in [0.3, 0.4) is 0 Å². The van der Waals surface area contributed by atoms with Gasteiger partial charge in [0.25, 0.3) is 5.91 Å². The number of nitrogens with zero attached hydrogens (tertiary/aromatic N) is 1. The summed E-state index contributed by atoms with van der Waals surface area (Å²) in [5, 5.41) is 0. The van der Waals surface area contributed by atoms with E-state index in [0.29, 0.717) is 13.0 Å². The number of rotatable bonds is 6. The molecule has 0 heterocycles. The van der Waals surface area contributed by atoms with Gasteiger partial charge in [-0.3, -0.25) is 4.79 Å². The average molecular weight is 297 g/mol.